The summed E-state index contributed by atoms with van der Waals surface area (Å²) in [5.74, 6) is -3.33. The molecule has 12 bridgehead atoms. The minimum atomic E-state index is -1.65. The van der Waals surface area contributed by atoms with Crippen LogP contribution in [0.15, 0.2) is 194 Å². The minimum Gasteiger partial charge on any atom is -0.497 e. The maximum atomic E-state index is 15.2. The number of amides is 8. The highest BCUT2D eigenvalue weighted by atomic mass is 32.2. The molecule has 14 saturated heterocycles. The molecule has 780 valence electrons. The van der Waals surface area contributed by atoms with Crippen LogP contribution in [0.4, 0.5) is 0 Å². The molecule has 0 spiro atoms. The van der Waals surface area contributed by atoms with Gasteiger partial charge in [0.1, 0.15) is 24.7 Å². The van der Waals surface area contributed by atoms with Crippen LogP contribution < -0.4 is 9.47 Å². The summed E-state index contributed by atoms with van der Waals surface area (Å²) < 4.78 is 33.3. The quantitative estimate of drug-likeness (QED) is 0.0340. The molecule has 16 fully saturated rings. The van der Waals surface area contributed by atoms with E-state index in [1.165, 1.54) is 123 Å². The van der Waals surface area contributed by atoms with E-state index in [-0.39, 0.29) is 69.3 Å². The van der Waals surface area contributed by atoms with Gasteiger partial charge in [0.05, 0.1) is 56.6 Å². The lowest BCUT2D eigenvalue weighted by Gasteiger charge is -2.51. The molecule has 8 amide bonds. The Morgan fingerprint density at radius 2 is 0.500 bits per heavy atom. The summed E-state index contributed by atoms with van der Waals surface area (Å²) in [6.45, 7) is 13.2. The van der Waals surface area contributed by atoms with Crippen LogP contribution in [0.25, 0.3) is 0 Å². The van der Waals surface area contributed by atoms with Gasteiger partial charge in [0.2, 0.25) is 20.9 Å². The second-order valence-electron chi connectivity index (χ2n) is 42.6. The van der Waals surface area contributed by atoms with Crippen molar-refractivity contribution in [2.75, 3.05) is 97.0 Å². The van der Waals surface area contributed by atoms with E-state index in [0.29, 0.717) is 62.9 Å². The number of ether oxygens (including phenoxy) is 6. The van der Waals surface area contributed by atoms with E-state index in [4.69, 9.17) is 28.4 Å². The first-order chi connectivity index (χ1) is 70.1. The molecule has 24 rings (SSSR count). The average Bonchev–Trinajstić information content (AvgIpc) is 1.51. The van der Waals surface area contributed by atoms with Gasteiger partial charge in [0, 0.05) is 92.9 Å². The number of esters is 4. The van der Waals surface area contributed by atoms with Crippen LogP contribution in [-0.2, 0) is 128 Å². The summed E-state index contributed by atoms with van der Waals surface area (Å²) in [4.78, 5) is 173. The smallest absolute Gasteiger partial charge is 0.351 e. The molecule has 16 atom stereocenters. The van der Waals surface area contributed by atoms with Gasteiger partial charge in [-0.3, -0.25) is 47.9 Å². The molecule has 148 heavy (non-hydrogen) atoms. The SMILES string of the molecule is COc1ccc(C2S[C@]3(CO)C(=O)N(C)[C@](Cc4ccc(CCc5ccc(C[C@]67SC(c8ccc(C)cc8)S[C@](CO)(C(=O)N6C)N(C)C7=O)cc5)cc4)(S2)C(=O)N3C)cc1.COc1ccc(C2S[C@]3(COC(=O)[C@@]45CC[C@@](C)(C(=O)O4)C5(C)C)C(=O)N(C)[C@](Cc4ccc(CCc5ccc(C[C@]67SC(c8ccc(C)cc8)S[C@](COC(=O)[C@@]89CC[C@@](C)(C(=O)O8)C9(C)C)(C(=O)N6C)N(C)C7=O)cc5)cc4)(S2)C(=O)N3C)cc1. The second-order valence-corrected chi connectivity index (χ2v) is 54.9. The van der Waals surface area contributed by atoms with E-state index in [2.05, 4.69) is 24.3 Å². The Labute approximate surface area is 896 Å². The number of benzene rings is 8. The average molecular weight is 2160 g/mol. The highest BCUT2D eigenvalue weighted by Gasteiger charge is 2.80. The number of fused-ring (bicyclic) bond motifs is 20. The lowest BCUT2D eigenvalue weighted by atomic mass is 9.66. The number of carbonyl (C=O) groups excluding carboxylic acids is 12. The summed E-state index contributed by atoms with van der Waals surface area (Å²) in [6.07, 6.45) is 5.46. The molecule has 2 aliphatic carbocycles. The first kappa shape index (κ1) is 106. The number of methoxy groups -OCH3 is 2. The van der Waals surface area contributed by atoms with Gasteiger partial charge in [-0.2, -0.15) is 0 Å². The summed E-state index contributed by atoms with van der Waals surface area (Å²) in [5.41, 5.74) is 7.26. The van der Waals surface area contributed by atoms with Gasteiger partial charge in [-0.1, -0.05) is 209 Å². The number of aliphatic hydroxyl groups is 2. The van der Waals surface area contributed by atoms with E-state index >= 15 is 19.2 Å². The van der Waals surface area contributed by atoms with Crippen LogP contribution in [-0.4, -0.2) is 268 Å². The third-order valence-electron chi connectivity index (χ3n) is 34.7. The topological polar surface area (TPSA) is 327 Å². The van der Waals surface area contributed by atoms with Crippen molar-refractivity contribution in [3.05, 3.63) is 272 Å². The minimum absolute atomic E-state index is 0.189. The monoisotopic (exact) mass is 2160 g/mol. The van der Waals surface area contributed by atoms with E-state index in [1.807, 2.05) is 225 Å². The summed E-state index contributed by atoms with van der Waals surface area (Å²) in [7, 11) is 16.3. The first-order valence-electron chi connectivity index (χ1n) is 49.6. The number of carbonyl (C=O) groups is 12. The highest BCUT2D eigenvalue weighted by Crippen LogP contribution is 2.71. The lowest BCUT2D eigenvalue weighted by Crippen LogP contribution is -2.73. The Balaban J connectivity index is 0.000000198. The Hall–Kier alpha value is -10.3. The molecule has 8 aromatic carbocycles. The van der Waals surface area contributed by atoms with Crippen molar-refractivity contribution in [2.24, 2.45) is 21.7 Å². The van der Waals surface area contributed by atoms with E-state index in [0.717, 1.165) is 90.7 Å². The highest BCUT2D eigenvalue weighted by molar-refractivity contribution is 8.20. The summed E-state index contributed by atoms with van der Waals surface area (Å²) >= 11 is 10.9. The predicted molar refractivity (Wildman–Crippen MR) is 575 cm³/mol. The van der Waals surface area contributed by atoms with Gasteiger partial charge >= 0.3 is 23.9 Å². The third kappa shape index (κ3) is 16.2. The fourth-order valence-electron chi connectivity index (χ4n) is 23.3. The van der Waals surface area contributed by atoms with Crippen LogP contribution in [0.2, 0.25) is 0 Å². The molecule has 8 aromatic rings. The van der Waals surface area contributed by atoms with E-state index in [1.54, 1.807) is 80.4 Å². The molecule has 2 saturated carbocycles. The fourth-order valence-corrected chi connectivity index (χ4v) is 38.3. The number of likely N-dealkylation sites (N-methyl/N-ethyl adjacent to an activating group) is 8. The molecular formula is C112H124N8O20S8. The van der Waals surface area contributed by atoms with Crippen molar-refractivity contribution >= 4 is 165 Å². The van der Waals surface area contributed by atoms with Gasteiger partial charge in [-0.15, -0.1) is 94.1 Å². The number of rotatable bonds is 28. The van der Waals surface area contributed by atoms with Crippen molar-refractivity contribution in [3.8, 4) is 11.5 Å². The molecule has 28 nitrogen and oxygen atoms in total. The lowest BCUT2D eigenvalue weighted by molar-refractivity contribution is -0.187. The Kier molecular flexibility index (Phi) is 27.6. The number of hydrogen-bond donors (Lipinski definition) is 2. The zero-order valence-corrected chi connectivity index (χ0v) is 92.7. The van der Waals surface area contributed by atoms with Crippen molar-refractivity contribution < 1.29 is 96.2 Å². The molecule has 4 unspecified atom stereocenters. The molecule has 0 aromatic heterocycles. The van der Waals surface area contributed by atoms with Crippen LogP contribution in [0.3, 0.4) is 0 Å². The van der Waals surface area contributed by atoms with Crippen LogP contribution in [0, 0.1) is 35.5 Å². The summed E-state index contributed by atoms with van der Waals surface area (Å²) in [5, 5.41) is 21.3. The molecule has 16 aliphatic rings. The van der Waals surface area contributed by atoms with Gasteiger partial charge in [-0.05, 0) is 170 Å². The van der Waals surface area contributed by atoms with E-state index < -0.39 is 131 Å². The third-order valence-corrected chi connectivity index (χ3v) is 48.6. The standard InChI is InChI=1S/C66H74N4O13S4.C46H50N4O7S4/c1-39-13-25-44(26-14-39)47-84-63(49(71)69(10)65(86-47,51(73)67(63)8)37-80-55(77)61-33-31-59(6,53(75)82-61)57(61,2)3)35-42-21-17-40(18-22-42)15-16-41-19-23-43(24-20-41)36-64-50(72)70(11)66(52(74)68(64)9,87-48(85-64)45-27-29-46(79-12)30-28-45)38-81-56(78)62-34-32-60(7,54(76)83-62)58(62,4)5;1-29-7-19-34(20-8-29)37-58-43(39(53)49(4)45(27-51,60-37)41(55)47(43)2)25-32-15-11-30(12-16-32)9-10-31-13-17-33(18-14-31)26-44-40(54)50(5)46(28-52,42(56)48(44)3)61-38(59-44)35-21-23-36(57-6)24-22-35/h13-14,17-30,47-48H,15-16,31-38H2,1-12H3;7-8,11-24,37-38,51-52H,9-10,25-28H2,1-6H3/t47?,48?,59-,60-,61+,62+,63+,64+,65+,66+;37?,38?,43-,44-,45-,46-/m01/s1. The van der Waals surface area contributed by atoms with Crippen LogP contribution in [0.1, 0.15) is 163 Å². The number of aryl methyl sites for hydroxylation is 6. The van der Waals surface area contributed by atoms with Crippen LogP contribution >= 0.6 is 94.1 Å². The molecule has 36 heteroatoms. The first-order valence-corrected chi connectivity index (χ1v) is 56.6. The second kappa shape index (κ2) is 38.5. The van der Waals surface area contributed by atoms with Crippen molar-refractivity contribution in [1.29, 1.82) is 0 Å². The zero-order chi connectivity index (χ0) is 106. The Morgan fingerprint density at radius 1 is 0.297 bits per heavy atom. The maximum Gasteiger partial charge on any atom is 0.351 e. The zero-order valence-electron chi connectivity index (χ0n) is 86.2. The number of aliphatic hydroxyl groups excluding tert-OH is 2. The number of thioether (sulfide) groups is 8. The normalized spacial score (nSPS) is 32.0. The fraction of sp³-hybridized carbons (Fsp3) is 0.464. The largest absolute Gasteiger partial charge is 0.497 e. The summed E-state index contributed by atoms with van der Waals surface area (Å²) in [6, 6.07) is 63.9. The number of piperazine rings is 4. The van der Waals surface area contributed by atoms with Crippen molar-refractivity contribution in [3.63, 3.8) is 0 Å². The Bertz CT molecular complexity index is 6680. The number of hydrogen-bond acceptors (Lipinski definition) is 28. The predicted octanol–water partition coefficient (Wildman–Crippen LogP) is 15.1. The van der Waals surface area contributed by atoms with Crippen molar-refractivity contribution in [2.45, 2.75) is 201 Å². The van der Waals surface area contributed by atoms with Crippen molar-refractivity contribution in [1.82, 2.24) is 39.2 Å². The van der Waals surface area contributed by atoms with Gasteiger partial charge in [-0.25, -0.2) is 9.59 Å². The maximum absolute atomic E-state index is 15.2. The molecule has 14 heterocycles. The molecule has 14 aliphatic heterocycles. The molecule has 0 radical (unpaired) electrons. The molecule has 2 N–H and O–H groups in total. The number of nitrogens with zero attached hydrogens (tertiary/aromatic N) is 8. The van der Waals surface area contributed by atoms with Gasteiger partial charge in [0.25, 0.3) is 47.3 Å². The molecular weight excluding hydrogens is 2030 g/mol. The van der Waals surface area contributed by atoms with Gasteiger partial charge < -0.3 is 77.8 Å². The Morgan fingerprint density at radius 3 is 0.723 bits per heavy atom. The van der Waals surface area contributed by atoms with Gasteiger partial charge in [0.15, 0.2) is 29.2 Å². The van der Waals surface area contributed by atoms with Crippen LogP contribution in [0.5, 0.6) is 11.5 Å². The van der Waals surface area contributed by atoms with E-state index in [9.17, 15) is 48.6 Å².